The number of aliphatic hydroxyl groups is 1. The fourth-order valence-electron chi connectivity index (χ4n) is 3.82. The average Bonchev–Trinajstić information content (AvgIpc) is 2.85. The van der Waals surface area contributed by atoms with Gasteiger partial charge in [-0.25, -0.2) is 4.18 Å². The number of methoxy groups -OCH3 is 1. The van der Waals surface area contributed by atoms with Crippen LogP contribution < -0.4 is 5.32 Å². The van der Waals surface area contributed by atoms with E-state index in [4.69, 9.17) is 18.8 Å². The van der Waals surface area contributed by atoms with E-state index < -0.39 is 51.4 Å². The summed E-state index contributed by atoms with van der Waals surface area (Å²) in [7, 11) is -2.81. The number of aryl methyl sites for hydroxylation is 1. The summed E-state index contributed by atoms with van der Waals surface area (Å²) in [6, 6.07) is 6.12. The lowest BCUT2D eigenvalue weighted by Gasteiger charge is -2.33. The fraction of sp³-hybridized carbons (Fsp3) is 0.654. The summed E-state index contributed by atoms with van der Waals surface area (Å²) in [5, 5.41) is 11.4. The van der Waals surface area contributed by atoms with Crippen LogP contribution in [0.5, 0.6) is 0 Å². The molecular weight excluding hydrogens is 502 g/mol. The van der Waals surface area contributed by atoms with Crippen LogP contribution in [0, 0.1) is 23.7 Å². The lowest BCUT2D eigenvalue weighted by molar-refractivity contribution is -0.157. The van der Waals surface area contributed by atoms with Gasteiger partial charge in [-0.1, -0.05) is 31.5 Å². The van der Waals surface area contributed by atoms with E-state index >= 15 is 0 Å². The summed E-state index contributed by atoms with van der Waals surface area (Å²) in [5.41, 5.74) is -1.21. The second-order valence-corrected chi connectivity index (χ2v) is 11.6. The third kappa shape index (κ3) is 10.1. The molecule has 0 aromatic heterocycles. The highest BCUT2D eigenvalue weighted by molar-refractivity contribution is 7.86. The van der Waals surface area contributed by atoms with Crippen LogP contribution in [0.25, 0.3) is 0 Å². The van der Waals surface area contributed by atoms with Crippen molar-refractivity contribution < 1.29 is 41.6 Å². The van der Waals surface area contributed by atoms with Gasteiger partial charge in [0, 0.05) is 12.0 Å². The van der Waals surface area contributed by atoms with Gasteiger partial charge in [0.05, 0.1) is 29.9 Å². The molecule has 2 unspecified atom stereocenters. The average molecular weight is 544 g/mol. The topological polar surface area (TPSA) is 145 Å². The van der Waals surface area contributed by atoms with Gasteiger partial charge in [-0.2, -0.15) is 8.42 Å². The molecule has 37 heavy (non-hydrogen) atoms. The number of carbonyl (C=O) groups excluding carboxylic acids is 3. The van der Waals surface area contributed by atoms with Gasteiger partial charge < -0.3 is 19.9 Å². The van der Waals surface area contributed by atoms with Gasteiger partial charge >= 0.3 is 11.9 Å². The molecule has 0 saturated heterocycles. The van der Waals surface area contributed by atoms with Crippen molar-refractivity contribution in [3.63, 3.8) is 0 Å². The number of esters is 2. The predicted octanol–water partition coefficient (Wildman–Crippen LogP) is 3.10. The van der Waals surface area contributed by atoms with Crippen LogP contribution in [-0.2, 0) is 38.2 Å². The summed E-state index contributed by atoms with van der Waals surface area (Å²) in [6.07, 6.45) is 1.43. The molecule has 11 heteroatoms. The summed E-state index contributed by atoms with van der Waals surface area (Å²) in [5.74, 6) is -2.36. The SMILES string of the molecule is CCC(C)(CC(CC(C)(C)C(=O)OC)C(=O)OCCCCO)C(=O)NCOS(=O)(=O)c1ccc(C)cc1. The van der Waals surface area contributed by atoms with Gasteiger partial charge in [0.2, 0.25) is 5.91 Å². The molecule has 0 aliphatic rings. The van der Waals surface area contributed by atoms with Crippen LogP contribution in [0.2, 0.25) is 0 Å². The minimum Gasteiger partial charge on any atom is -0.469 e. The van der Waals surface area contributed by atoms with Crippen LogP contribution >= 0.6 is 0 Å². The number of amides is 1. The monoisotopic (exact) mass is 543 g/mol. The first kappa shape index (κ1) is 32.5. The van der Waals surface area contributed by atoms with Gasteiger partial charge in [-0.3, -0.25) is 14.4 Å². The van der Waals surface area contributed by atoms with Crippen LogP contribution in [0.1, 0.15) is 65.4 Å². The molecule has 1 aromatic rings. The highest BCUT2D eigenvalue weighted by Gasteiger charge is 2.41. The van der Waals surface area contributed by atoms with Crippen LogP contribution in [-0.4, -0.2) is 58.4 Å². The molecule has 0 heterocycles. The molecule has 0 aliphatic heterocycles. The zero-order valence-electron chi connectivity index (χ0n) is 22.7. The van der Waals surface area contributed by atoms with E-state index in [0.717, 1.165) is 5.56 Å². The number of hydrogen-bond acceptors (Lipinski definition) is 9. The molecule has 0 bridgehead atoms. The maximum absolute atomic E-state index is 13.1. The van der Waals surface area contributed by atoms with E-state index in [1.165, 1.54) is 19.2 Å². The van der Waals surface area contributed by atoms with Gasteiger partial charge in [-0.15, -0.1) is 0 Å². The predicted molar refractivity (Wildman–Crippen MR) is 137 cm³/mol. The Labute approximate surface area is 220 Å². The van der Waals surface area contributed by atoms with Gasteiger partial charge in [0.15, 0.2) is 0 Å². The van der Waals surface area contributed by atoms with Gasteiger partial charge in [0.25, 0.3) is 10.1 Å². The number of unbranched alkanes of at least 4 members (excludes halogenated alkanes) is 1. The standard InChI is InChI=1S/C26H41NO9S/c1-7-26(5,23(30)27-18-36-37(32,33)21-12-10-19(2)11-13-21)17-20(16-25(3,4)24(31)34-6)22(29)35-15-9-8-14-28/h10-13,20,28H,7-9,14-18H2,1-6H3,(H,27,30). The molecule has 2 N–H and O–H groups in total. The van der Waals surface area contributed by atoms with Crippen LogP contribution in [0.15, 0.2) is 29.2 Å². The Morgan fingerprint density at radius 2 is 1.68 bits per heavy atom. The highest BCUT2D eigenvalue weighted by atomic mass is 32.2. The molecule has 1 amide bonds. The first-order valence-electron chi connectivity index (χ1n) is 12.3. The van der Waals surface area contributed by atoms with Crippen LogP contribution in [0.4, 0.5) is 0 Å². The van der Waals surface area contributed by atoms with E-state index in [1.807, 2.05) is 6.92 Å². The molecule has 0 radical (unpaired) electrons. The Morgan fingerprint density at radius 3 is 2.22 bits per heavy atom. The number of benzene rings is 1. The maximum atomic E-state index is 13.1. The van der Waals surface area contributed by atoms with E-state index in [9.17, 15) is 22.8 Å². The molecule has 0 saturated carbocycles. The second kappa shape index (κ2) is 14.4. The molecule has 10 nitrogen and oxygen atoms in total. The number of ether oxygens (including phenoxy) is 2. The molecule has 0 fully saturated rings. The van der Waals surface area contributed by atoms with E-state index in [-0.39, 0.29) is 31.0 Å². The van der Waals surface area contributed by atoms with Crippen molar-refractivity contribution in [1.29, 1.82) is 0 Å². The molecule has 210 valence electrons. The number of rotatable bonds is 16. The van der Waals surface area contributed by atoms with Crippen molar-refractivity contribution in [2.75, 3.05) is 27.1 Å². The molecule has 2 atom stereocenters. The third-order valence-corrected chi connectivity index (χ3v) is 7.68. The van der Waals surface area contributed by atoms with E-state index in [2.05, 4.69) is 5.32 Å². The Hall–Kier alpha value is -2.50. The lowest BCUT2D eigenvalue weighted by atomic mass is 9.72. The number of hydrogen-bond donors (Lipinski definition) is 2. The first-order chi connectivity index (χ1) is 17.2. The molecule has 0 spiro atoms. The second-order valence-electron chi connectivity index (χ2n) is 10.0. The van der Waals surface area contributed by atoms with E-state index in [0.29, 0.717) is 19.3 Å². The number of carbonyl (C=O) groups is 3. The summed E-state index contributed by atoms with van der Waals surface area (Å²) >= 11 is 0. The number of nitrogens with one attached hydrogen (secondary N) is 1. The minimum absolute atomic E-state index is 0.0217. The quantitative estimate of drug-likeness (QED) is 0.139. The molecular formula is C26H41NO9S. The van der Waals surface area contributed by atoms with Crippen molar-refractivity contribution in [1.82, 2.24) is 5.32 Å². The Morgan fingerprint density at radius 1 is 1.05 bits per heavy atom. The largest absolute Gasteiger partial charge is 0.469 e. The van der Waals surface area contributed by atoms with Crippen molar-refractivity contribution in [2.45, 2.75) is 71.6 Å². The van der Waals surface area contributed by atoms with Crippen LogP contribution in [0.3, 0.4) is 0 Å². The molecule has 1 rings (SSSR count). The van der Waals surface area contributed by atoms with Crippen molar-refractivity contribution in [2.24, 2.45) is 16.7 Å². The summed E-state index contributed by atoms with van der Waals surface area (Å²) in [4.78, 5) is 38.3. The Bertz CT molecular complexity index is 1010. The molecule has 1 aromatic carbocycles. The summed E-state index contributed by atoms with van der Waals surface area (Å²) in [6.45, 7) is 8.07. The zero-order valence-corrected chi connectivity index (χ0v) is 23.5. The lowest BCUT2D eigenvalue weighted by Crippen LogP contribution is -2.43. The zero-order chi connectivity index (χ0) is 28.3. The fourth-order valence-corrected chi connectivity index (χ4v) is 4.64. The van der Waals surface area contributed by atoms with Crippen molar-refractivity contribution in [3.05, 3.63) is 29.8 Å². The van der Waals surface area contributed by atoms with Crippen molar-refractivity contribution in [3.8, 4) is 0 Å². The van der Waals surface area contributed by atoms with Gasteiger partial charge in [-0.05, 0) is 65.0 Å². The normalized spacial score (nSPS) is 14.4. The van der Waals surface area contributed by atoms with Gasteiger partial charge in [0.1, 0.15) is 6.73 Å². The maximum Gasteiger partial charge on any atom is 0.311 e. The van der Waals surface area contributed by atoms with Crippen molar-refractivity contribution >= 4 is 28.0 Å². The van der Waals surface area contributed by atoms with E-state index in [1.54, 1.807) is 39.8 Å². The number of aliphatic hydroxyl groups excluding tert-OH is 1. The third-order valence-electron chi connectivity index (χ3n) is 6.41. The molecule has 0 aliphatic carbocycles. The smallest absolute Gasteiger partial charge is 0.311 e. The summed E-state index contributed by atoms with van der Waals surface area (Å²) < 4.78 is 40.1. The highest BCUT2D eigenvalue weighted by Crippen LogP contribution is 2.37. The Balaban J connectivity index is 2.96. The minimum atomic E-state index is -4.07. The Kier molecular flexibility index (Phi) is 12.7. The first-order valence-corrected chi connectivity index (χ1v) is 13.7.